The maximum Gasteiger partial charge on any atom is 0.439 e. The lowest BCUT2D eigenvalue weighted by Crippen LogP contribution is -2.55. The topological polar surface area (TPSA) is 95.1 Å². The van der Waals surface area contributed by atoms with Crippen molar-refractivity contribution in [1.82, 2.24) is 5.32 Å². The van der Waals surface area contributed by atoms with Gasteiger partial charge < -0.3 is 22.6 Å². The van der Waals surface area contributed by atoms with Gasteiger partial charge in [-0.05, 0) is 41.8 Å². The van der Waals surface area contributed by atoms with E-state index in [0.29, 0.717) is 24.5 Å². The molecule has 1 aliphatic heterocycles. The molecule has 0 amide bonds. The lowest BCUT2D eigenvalue weighted by molar-refractivity contribution is -1.63. The minimum Gasteiger partial charge on any atom is -0.497 e. The third-order valence-corrected chi connectivity index (χ3v) is 5.47. The number of halogens is 1. The lowest BCUT2D eigenvalue weighted by Gasteiger charge is -2.34. The Morgan fingerprint density at radius 3 is 2.26 bits per heavy atom. The summed E-state index contributed by atoms with van der Waals surface area (Å²) in [6.07, 6.45) is 1.06. The van der Waals surface area contributed by atoms with E-state index in [1.807, 2.05) is 30.3 Å². The molecule has 146 valence electrons. The summed E-state index contributed by atoms with van der Waals surface area (Å²) in [7, 11) is 4.72. The van der Waals surface area contributed by atoms with Gasteiger partial charge in [0.1, 0.15) is 5.75 Å². The van der Waals surface area contributed by atoms with Gasteiger partial charge in [-0.2, -0.15) is 0 Å². The van der Waals surface area contributed by atoms with Crippen LogP contribution in [0, 0.1) is 14.8 Å². The predicted molar refractivity (Wildman–Crippen MR) is 90.7 cm³/mol. The monoisotopic (exact) mass is 439 g/mol. The average Bonchev–Trinajstić information content (AvgIpc) is 2.67. The van der Waals surface area contributed by atoms with Crippen LogP contribution in [0.25, 0.3) is 0 Å². The molecular formula is C19H22BrNO6. The number of fused-ring (bicyclic) bond motifs is 1. The number of hydrogen-bond donors (Lipinski definition) is 1. The summed E-state index contributed by atoms with van der Waals surface area (Å²) >= 11 is -3.48. The summed E-state index contributed by atoms with van der Waals surface area (Å²) in [6.45, 7) is 0.578. The predicted octanol–water partition coefficient (Wildman–Crippen LogP) is 0.357. The molecule has 0 fully saturated rings. The van der Waals surface area contributed by atoms with E-state index >= 15 is 0 Å². The Kier molecular flexibility index (Phi) is 6.23. The van der Waals surface area contributed by atoms with E-state index in [2.05, 4.69) is 5.32 Å². The first-order valence-electron chi connectivity index (χ1n) is 8.39. The van der Waals surface area contributed by atoms with Crippen LogP contribution < -0.4 is 27.9 Å². The molecule has 0 spiro atoms. The molecule has 0 radical (unpaired) electrons. The van der Waals surface area contributed by atoms with Crippen LogP contribution in [0.5, 0.6) is 17.2 Å². The molecule has 0 saturated heterocycles. The number of rotatable bonds is 7. The Balaban J connectivity index is 2.06. The number of methoxy groups -OCH3 is 3. The van der Waals surface area contributed by atoms with Crippen molar-refractivity contribution in [2.45, 2.75) is 18.6 Å². The molecule has 1 N–H and O–H groups in total. The summed E-state index contributed by atoms with van der Waals surface area (Å²) < 4.78 is 44.6. The first kappa shape index (κ1) is 19.9. The highest BCUT2D eigenvalue weighted by Gasteiger charge is 2.47. The second-order valence-electron chi connectivity index (χ2n) is 6.16. The van der Waals surface area contributed by atoms with Gasteiger partial charge >= 0.3 is 14.8 Å². The minimum atomic E-state index is -3.48. The van der Waals surface area contributed by atoms with E-state index in [9.17, 15) is 8.40 Å². The summed E-state index contributed by atoms with van der Waals surface area (Å²) in [4.78, 5) is 0. The average molecular weight is 440 g/mol. The fraction of sp³-hybridized carbons (Fsp3) is 0.368. The SMILES string of the molecule is COc1ccc(C[C@]2(O[Br+2]([O-])[O-])NCCc3cc(OC)c(OC)cc32)cc1. The number of nitrogens with one attached hydrogen (secondary N) is 1. The zero-order valence-corrected chi connectivity index (χ0v) is 17.0. The van der Waals surface area contributed by atoms with Gasteiger partial charge in [-0.25, -0.2) is 0 Å². The molecule has 27 heavy (non-hydrogen) atoms. The van der Waals surface area contributed by atoms with Crippen molar-refractivity contribution in [1.29, 1.82) is 0 Å². The van der Waals surface area contributed by atoms with Crippen molar-refractivity contribution in [3.05, 3.63) is 53.1 Å². The maximum absolute atomic E-state index is 11.6. The second kappa shape index (κ2) is 8.45. The molecular weight excluding hydrogens is 418 g/mol. The highest BCUT2D eigenvalue weighted by Crippen LogP contribution is 2.40. The van der Waals surface area contributed by atoms with Crippen LogP contribution in [0.2, 0.25) is 0 Å². The highest BCUT2D eigenvalue weighted by atomic mass is 80.0. The van der Waals surface area contributed by atoms with Crippen molar-refractivity contribution < 1.29 is 41.2 Å². The van der Waals surface area contributed by atoms with Gasteiger partial charge in [-0.3, -0.25) is 5.32 Å². The van der Waals surface area contributed by atoms with E-state index in [0.717, 1.165) is 28.9 Å². The van der Waals surface area contributed by atoms with Gasteiger partial charge in [-0.1, -0.05) is 12.1 Å². The quantitative estimate of drug-likeness (QED) is 0.664. The molecule has 0 aromatic heterocycles. The fourth-order valence-corrected chi connectivity index (χ4v) is 4.24. The van der Waals surface area contributed by atoms with Crippen molar-refractivity contribution in [2.75, 3.05) is 27.9 Å². The van der Waals surface area contributed by atoms with Gasteiger partial charge in [0.15, 0.2) is 11.5 Å². The van der Waals surface area contributed by atoms with Crippen LogP contribution in [-0.2, 0) is 22.4 Å². The van der Waals surface area contributed by atoms with Crippen LogP contribution in [0.15, 0.2) is 36.4 Å². The van der Waals surface area contributed by atoms with Gasteiger partial charge in [0.05, 0.1) is 21.3 Å². The van der Waals surface area contributed by atoms with Crippen molar-refractivity contribution in [3.63, 3.8) is 0 Å². The smallest absolute Gasteiger partial charge is 0.439 e. The van der Waals surface area contributed by atoms with Crippen LogP contribution in [0.4, 0.5) is 0 Å². The van der Waals surface area contributed by atoms with E-state index in [-0.39, 0.29) is 0 Å². The molecule has 1 aliphatic rings. The van der Waals surface area contributed by atoms with Crippen molar-refractivity contribution in [3.8, 4) is 17.2 Å². The third kappa shape index (κ3) is 4.20. The largest absolute Gasteiger partial charge is 0.497 e. The summed E-state index contributed by atoms with van der Waals surface area (Å²) in [5, 5.41) is 3.26. The summed E-state index contributed by atoms with van der Waals surface area (Å²) in [5.41, 5.74) is 1.41. The van der Waals surface area contributed by atoms with Gasteiger partial charge in [-0.15, -0.1) is 0 Å². The van der Waals surface area contributed by atoms with E-state index in [4.69, 9.17) is 18.0 Å². The van der Waals surface area contributed by atoms with Gasteiger partial charge in [0, 0.05) is 22.4 Å². The molecule has 1 atom stereocenters. The normalized spacial score (nSPS) is 18.9. The maximum atomic E-state index is 11.6. The molecule has 0 bridgehead atoms. The Hall–Kier alpha value is -1.84. The third-order valence-electron chi connectivity index (χ3n) is 4.66. The van der Waals surface area contributed by atoms with E-state index in [1.165, 1.54) is 0 Å². The Bertz CT molecular complexity index is 783. The molecule has 2 aromatic carbocycles. The standard InChI is InChI=1S/C19H22BrNO6/c1-24-15-6-4-13(5-7-15)12-19(27-20(22)23)16-11-18(26-3)17(25-2)10-14(16)8-9-21-19/h4-7,10-11,21H,8-9,12H2,1-3H3/t19-/m1/s1. The van der Waals surface area contributed by atoms with Gasteiger partial charge in [0.25, 0.3) is 0 Å². The number of ether oxygens (including phenoxy) is 3. The van der Waals surface area contributed by atoms with Crippen molar-refractivity contribution in [2.24, 2.45) is 0 Å². The second-order valence-corrected chi connectivity index (χ2v) is 7.28. The van der Waals surface area contributed by atoms with E-state index < -0.39 is 20.5 Å². The summed E-state index contributed by atoms with van der Waals surface area (Å²) in [6, 6.07) is 11.1. The first-order chi connectivity index (χ1) is 13.0. The van der Waals surface area contributed by atoms with E-state index in [1.54, 1.807) is 27.4 Å². The Labute approximate surface area is 163 Å². The summed E-state index contributed by atoms with van der Waals surface area (Å²) in [5.74, 6) is 1.86. The minimum absolute atomic E-state index is 0.332. The molecule has 1 heterocycles. The van der Waals surface area contributed by atoms with Gasteiger partial charge in [0.2, 0.25) is 5.72 Å². The first-order valence-corrected chi connectivity index (χ1v) is 10.3. The molecule has 7 nitrogen and oxygen atoms in total. The molecule has 3 rings (SSSR count). The molecule has 0 unspecified atom stereocenters. The Morgan fingerprint density at radius 2 is 1.67 bits per heavy atom. The van der Waals surface area contributed by atoms with Crippen LogP contribution in [-0.4, -0.2) is 27.9 Å². The molecule has 0 saturated carbocycles. The number of hydrogen-bond acceptors (Lipinski definition) is 7. The van der Waals surface area contributed by atoms with Crippen LogP contribution >= 0.6 is 0 Å². The fourth-order valence-electron chi connectivity index (χ4n) is 3.39. The van der Waals surface area contributed by atoms with Crippen LogP contribution in [0.3, 0.4) is 0 Å². The number of benzene rings is 2. The molecule has 2 aromatic rings. The van der Waals surface area contributed by atoms with Crippen LogP contribution in [0.1, 0.15) is 16.7 Å². The zero-order valence-electron chi connectivity index (χ0n) is 15.4. The highest BCUT2D eigenvalue weighted by molar-refractivity contribution is 5.50. The zero-order chi connectivity index (χ0) is 19.4. The molecule has 0 aliphatic carbocycles. The van der Waals surface area contributed by atoms with Crippen molar-refractivity contribution >= 4 is 0 Å². The Morgan fingerprint density at radius 1 is 1.00 bits per heavy atom. The lowest BCUT2D eigenvalue weighted by atomic mass is 9.86. The molecule has 8 heteroatoms.